The molecule has 136 valence electrons. The van der Waals surface area contributed by atoms with Crippen molar-refractivity contribution in [3.8, 4) is 0 Å². The summed E-state index contributed by atoms with van der Waals surface area (Å²) >= 11 is 0. The van der Waals surface area contributed by atoms with E-state index in [9.17, 15) is 14.4 Å². The Morgan fingerprint density at radius 2 is 1.84 bits per heavy atom. The molecule has 25 heavy (non-hydrogen) atoms. The summed E-state index contributed by atoms with van der Waals surface area (Å²) in [6, 6.07) is 6.46. The zero-order valence-corrected chi connectivity index (χ0v) is 15.6. The predicted octanol–water partition coefficient (Wildman–Crippen LogP) is 2.12. The van der Waals surface area contributed by atoms with Crippen molar-refractivity contribution in [2.75, 3.05) is 12.4 Å². The lowest BCUT2D eigenvalue weighted by Gasteiger charge is -2.28. The van der Waals surface area contributed by atoms with E-state index in [-0.39, 0.29) is 29.7 Å². The molecule has 6 heteroatoms. The number of hydrogen-bond donors (Lipinski definition) is 2. The van der Waals surface area contributed by atoms with Gasteiger partial charge in [-0.05, 0) is 45.4 Å². The van der Waals surface area contributed by atoms with Gasteiger partial charge in [0, 0.05) is 18.3 Å². The average Bonchev–Trinajstić information content (AvgIpc) is 2.53. The van der Waals surface area contributed by atoms with Gasteiger partial charge in [0.05, 0.1) is 6.42 Å². The van der Waals surface area contributed by atoms with Gasteiger partial charge in [0.1, 0.15) is 6.04 Å². The maximum atomic E-state index is 12.5. The number of benzene rings is 1. The van der Waals surface area contributed by atoms with Crippen LogP contribution in [0, 0.1) is 0 Å². The molecular weight excluding hydrogens is 318 g/mol. The van der Waals surface area contributed by atoms with Gasteiger partial charge in [-0.15, -0.1) is 0 Å². The molecule has 0 aromatic heterocycles. The average molecular weight is 345 g/mol. The van der Waals surface area contributed by atoms with E-state index >= 15 is 0 Å². The fraction of sp³-hybridized carbons (Fsp3) is 0.421. The SMILES string of the molecule is C=CC(=O)Nc1ccccc1CC(=O)N(C)C(C)C(=O)NC(C)(C)C. The smallest absolute Gasteiger partial charge is 0.247 e. The lowest BCUT2D eigenvalue weighted by Crippen LogP contribution is -2.51. The molecule has 0 saturated carbocycles. The summed E-state index contributed by atoms with van der Waals surface area (Å²) in [6.07, 6.45) is 1.25. The zero-order valence-electron chi connectivity index (χ0n) is 15.6. The minimum atomic E-state index is -0.596. The molecule has 0 spiro atoms. The van der Waals surface area contributed by atoms with Crippen molar-refractivity contribution in [1.82, 2.24) is 10.2 Å². The second-order valence-electron chi connectivity index (χ2n) is 6.95. The number of nitrogens with one attached hydrogen (secondary N) is 2. The number of hydrogen-bond acceptors (Lipinski definition) is 3. The van der Waals surface area contributed by atoms with Gasteiger partial charge in [0.2, 0.25) is 17.7 Å². The summed E-state index contributed by atoms with van der Waals surface area (Å²) in [5.41, 5.74) is 0.871. The van der Waals surface area contributed by atoms with Crippen LogP contribution in [0.25, 0.3) is 0 Å². The van der Waals surface area contributed by atoms with E-state index in [1.165, 1.54) is 11.0 Å². The third kappa shape index (κ3) is 6.41. The van der Waals surface area contributed by atoms with Gasteiger partial charge >= 0.3 is 0 Å². The van der Waals surface area contributed by atoms with Crippen LogP contribution in [0.4, 0.5) is 5.69 Å². The maximum absolute atomic E-state index is 12.5. The van der Waals surface area contributed by atoms with E-state index in [1.807, 2.05) is 20.8 Å². The van der Waals surface area contributed by atoms with Crippen molar-refractivity contribution in [2.24, 2.45) is 0 Å². The highest BCUT2D eigenvalue weighted by molar-refractivity contribution is 6.00. The number of amides is 3. The molecule has 1 rings (SSSR count). The Hall–Kier alpha value is -2.63. The Morgan fingerprint density at radius 3 is 2.40 bits per heavy atom. The minimum absolute atomic E-state index is 0.0806. The molecule has 1 unspecified atom stereocenters. The fourth-order valence-corrected chi connectivity index (χ4v) is 2.13. The van der Waals surface area contributed by atoms with Crippen LogP contribution < -0.4 is 10.6 Å². The Bertz CT molecular complexity index is 662. The lowest BCUT2D eigenvalue weighted by atomic mass is 10.1. The van der Waals surface area contributed by atoms with E-state index in [0.29, 0.717) is 11.3 Å². The summed E-state index contributed by atoms with van der Waals surface area (Å²) in [6.45, 7) is 10.8. The van der Waals surface area contributed by atoms with E-state index in [0.717, 1.165) is 0 Å². The number of likely N-dealkylation sites (N-methyl/N-ethyl adjacent to an activating group) is 1. The quantitative estimate of drug-likeness (QED) is 0.775. The van der Waals surface area contributed by atoms with Gasteiger partial charge in [-0.25, -0.2) is 0 Å². The van der Waals surface area contributed by atoms with Crippen molar-refractivity contribution in [3.05, 3.63) is 42.5 Å². The second-order valence-corrected chi connectivity index (χ2v) is 6.95. The molecule has 6 nitrogen and oxygen atoms in total. The molecule has 0 bridgehead atoms. The summed E-state index contributed by atoms with van der Waals surface area (Å²) in [4.78, 5) is 37.7. The molecule has 2 N–H and O–H groups in total. The minimum Gasteiger partial charge on any atom is -0.350 e. The van der Waals surface area contributed by atoms with Gasteiger partial charge in [-0.3, -0.25) is 14.4 Å². The van der Waals surface area contributed by atoms with Crippen LogP contribution in [0.1, 0.15) is 33.3 Å². The highest BCUT2D eigenvalue weighted by Gasteiger charge is 2.25. The molecule has 0 fully saturated rings. The van der Waals surface area contributed by atoms with Crippen molar-refractivity contribution in [2.45, 2.75) is 45.7 Å². The third-order valence-electron chi connectivity index (χ3n) is 3.65. The van der Waals surface area contributed by atoms with Crippen molar-refractivity contribution in [1.29, 1.82) is 0 Å². The molecule has 0 saturated heterocycles. The highest BCUT2D eigenvalue weighted by atomic mass is 16.2. The summed E-state index contributed by atoms with van der Waals surface area (Å²) in [5, 5.41) is 5.54. The molecule has 1 atom stereocenters. The second kappa shape index (κ2) is 8.46. The van der Waals surface area contributed by atoms with E-state index in [1.54, 1.807) is 38.2 Å². The van der Waals surface area contributed by atoms with Gasteiger partial charge < -0.3 is 15.5 Å². The topological polar surface area (TPSA) is 78.5 Å². The van der Waals surface area contributed by atoms with Crippen molar-refractivity contribution in [3.63, 3.8) is 0 Å². The molecule has 0 aliphatic heterocycles. The molecule has 0 aliphatic rings. The van der Waals surface area contributed by atoms with E-state index in [2.05, 4.69) is 17.2 Å². The standard InChI is InChI=1S/C19H27N3O3/c1-7-16(23)20-15-11-9-8-10-14(15)12-17(24)22(6)13(2)18(25)21-19(3,4)5/h7-11,13H,1,12H2,2-6H3,(H,20,23)(H,21,25). The first-order chi connectivity index (χ1) is 11.5. The van der Waals surface area contributed by atoms with E-state index < -0.39 is 6.04 Å². The number of anilines is 1. The van der Waals surface area contributed by atoms with Crippen LogP contribution in [0.15, 0.2) is 36.9 Å². The highest BCUT2D eigenvalue weighted by Crippen LogP contribution is 2.17. The Labute approximate surface area is 149 Å². The Kier molecular flexibility index (Phi) is 6.91. The molecule has 1 aromatic rings. The van der Waals surface area contributed by atoms with Gasteiger partial charge in [-0.2, -0.15) is 0 Å². The van der Waals surface area contributed by atoms with Crippen LogP contribution in [0.5, 0.6) is 0 Å². The molecule has 0 radical (unpaired) electrons. The number of carbonyl (C=O) groups excluding carboxylic acids is 3. The molecular formula is C19H27N3O3. The van der Waals surface area contributed by atoms with E-state index in [4.69, 9.17) is 0 Å². The largest absolute Gasteiger partial charge is 0.350 e. The van der Waals surface area contributed by atoms with Gasteiger partial charge in [-0.1, -0.05) is 24.8 Å². The lowest BCUT2D eigenvalue weighted by molar-refractivity contribution is -0.138. The molecule has 0 aliphatic carbocycles. The summed E-state index contributed by atoms with van der Waals surface area (Å²) in [5.74, 6) is -0.764. The van der Waals surface area contributed by atoms with Gasteiger partial charge in [0.25, 0.3) is 0 Å². The fourth-order valence-electron chi connectivity index (χ4n) is 2.13. The number of rotatable bonds is 6. The van der Waals surface area contributed by atoms with Gasteiger partial charge in [0.15, 0.2) is 0 Å². The maximum Gasteiger partial charge on any atom is 0.247 e. The van der Waals surface area contributed by atoms with Crippen LogP contribution in [-0.4, -0.2) is 41.2 Å². The van der Waals surface area contributed by atoms with Crippen LogP contribution >= 0.6 is 0 Å². The molecule has 3 amide bonds. The number of para-hydroxylation sites is 1. The Morgan fingerprint density at radius 1 is 1.24 bits per heavy atom. The Balaban J connectivity index is 2.83. The third-order valence-corrected chi connectivity index (χ3v) is 3.65. The zero-order chi connectivity index (χ0) is 19.2. The summed E-state index contributed by atoms with van der Waals surface area (Å²) in [7, 11) is 1.60. The summed E-state index contributed by atoms with van der Waals surface area (Å²) < 4.78 is 0. The van der Waals surface area contributed by atoms with Crippen LogP contribution in [-0.2, 0) is 20.8 Å². The number of carbonyl (C=O) groups is 3. The van der Waals surface area contributed by atoms with Crippen LogP contribution in [0.2, 0.25) is 0 Å². The first kappa shape index (κ1) is 20.4. The molecule has 0 heterocycles. The van der Waals surface area contributed by atoms with Crippen LogP contribution in [0.3, 0.4) is 0 Å². The first-order valence-corrected chi connectivity index (χ1v) is 8.14. The predicted molar refractivity (Wildman–Crippen MR) is 99.1 cm³/mol. The number of nitrogens with zero attached hydrogens (tertiary/aromatic N) is 1. The monoisotopic (exact) mass is 345 g/mol. The first-order valence-electron chi connectivity index (χ1n) is 8.14. The van der Waals surface area contributed by atoms with Crippen molar-refractivity contribution < 1.29 is 14.4 Å². The normalized spacial score (nSPS) is 12.0. The van der Waals surface area contributed by atoms with Crippen molar-refractivity contribution >= 4 is 23.4 Å². The molecule has 1 aromatic carbocycles.